The van der Waals surface area contributed by atoms with E-state index in [0.29, 0.717) is 5.56 Å². The number of benzene rings is 1. The molecule has 0 spiro atoms. The van der Waals surface area contributed by atoms with Crippen molar-refractivity contribution in [1.82, 2.24) is 5.32 Å². The maximum absolute atomic E-state index is 11.4. The number of ether oxygens (including phenoxy) is 1. The summed E-state index contributed by atoms with van der Waals surface area (Å²) >= 11 is 0. The molecule has 0 saturated carbocycles. The second-order valence-electron chi connectivity index (χ2n) is 3.97. The van der Waals surface area contributed by atoms with E-state index in [1.807, 2.05) is 6.07 Å². The SMILES string of the molecule is COCC(=O)N[C@@H](Cc1ccc(C#N)cc1)C(N)=O. The van der Waals surface area contributed by atoms with Gasteiger partial charge in [0.05, 0.1) is 11.6 Å². The van der Waals surface area contributed by atoms with Crippen LogP contribution in [0.2, 0.25) is 0 Å². The topological polar surface area (TPSA) is 105 Å². The summed E-state index contributed by atoms with van der Waals surface area (Å²) in [5.41, 5.74) is 6.57. The number of nitriles is 1. The average Bonchev–Trinajstić information content (AvgIpc) is 2.39. The first kappa shape index (κ1) is 14.7. The van der Waals surface area contributed by atoms with Gasteiger partial charge in [0.1, 0.15) is 12.6 Å². The lowest BCUT2D eigenvalue weighted by molar-refractivity contribution is -0.129. The van der Waals surface area contributed by atoms with E-state index in [1.54, 1.807) is 24.3 Å². The monoisotopic (exact) mass is 261 g/mol. The highest BCUT2D eigenvalue weighted by molar-refractivity contribution is 5.87. The van der Waals surface area contributed by atoms with Crippen LogP contribution in [0.3, 0.4) is 0 Å². The van der Waals surface area contributed by atoms with Crippen LogP contribution in [0.25, 0.3) is 0 Å². The van der Waals surface area contributed by atoms with Crippen molar-refractivity contribution in [3.63, 3.8) is 0 Å². The third kappa shape index (κ3) is 4.77. The van der Waals surface area contributed by atoms with Crippen LogP contribution < -0.4 is 11.1 Å². The number of carbonyl (C=O) groups excluding carboxylic acids is 2. The van der Waals surface area contributed by atoms with Crippen molar-refractivity contribution in [3.8, 4) is 6.07 Å². The molecule has 0 unspecified atom stereocenters. The Morgan fingerprint density at radius 2 is 2.05 bits per heavy atom. The Labute approximate surface area is 111 Å². The molecule has 0 aromatic heterocycles. The molecule has 0 fully saturated rings. The van der Waals surface area contributed by atoms with Crippen molar-refractivity contribution < 1.29 is 14.3 Å². The zero-order valence-corrected chi connectivity index (χ0v) is 10.6. The van der Waals surface area contributed by atoms with Gasteiger partial charge in [-0.3, -0.25) is 9.59 Å². The molecule has 0 radical (unpaired) electrons. The maximum Gasteiger partial charge on any atom is 0.246 e. The minimum atomic E-state index is -0.796. The van der Waals surface area contributed by atoms with E-state index in [4.69, 9.17) is 11.0 Å². The van der Waals surface area contributed by atoms with Crippen LogP contribution in [0, 0.1) is 11.3 Å². The molecule has 1 aromatic carbocycles. The summed E-state index contributed by atoms with van der Waals surface area (Å²) in [6.45, 7) is -0.128. The average molecular weight is 261 g/mol. The number of nitrogens with two attached hydrogens (primary N) is 1. The molecule has 3 N–H and O–H groups in total. The fourth-order valence-electron chi connectivity index (χ4n) is 1.54. The predicted molar refractivity (Wildman–Crippen MR) is 67.9 cm³/mol. The summed E-state index contributed by atoms with van der Waals surface area (Å²) in [5.74, 6) is -1.02. The van der Waals surface area contributed by atoms with Gasteiger partial charge in [0, 0.05) is 13.5 Å². The van der Waals surface area contributed by atoms with Gasteiger partial charge in [-0.2, -0.15) is 5.26 Å². The van der Waals surface area contributed by atoms with E-state index < -0.39 is 17.9 Å². The number of nitrogens with one attached hydrogen (secondary N) is 1. The van der Waals surface area contributed by atoms with Crippen molar-refractivity contribution in [2.75, 3.05) is 13.7 Å². The highest BCUT2D eigenvalue weighted by atomic mass is 16.5. The van der Waals surface area contributed by atoms with Gasteiger partial charge in [0.25, 0.3) is 0 Å². The normalized spacial score (nSPS) is 11.4. The number of primary amides is 1. The number of hydrogen-bond acceptors (Lipinski definition) is 4. The molecule has 1 aromatic rings. The number of nitrogens with zero attached hydrogens (tertiary/aromatic N) is 1. The third-order valence-corrected chi connectivity index (χ3v) is 2.48. The number of amides is 2. The van der Waals surface area contributed by atoms with Gasteiger partial charge >= 0.3 is 0 Å². The van der Waals surface area contributed by atoms with E-state index in [2.05, 4.69) is 10.1 Å². The van der Waals surface area contributed by atoms with Crippen LogP contribution >= 0.6 is 0 Å². The van der Waals surface area contributed by atoms with Crippen LogP contribution in [0.15, 0.2) is 24.3 Å². The smallest absolute Gasteiger partial charge is 0.246 e. The standard InChI is InChI=1S/C13H15N3O3/c1-19-8-12(17)16-11(13(15)18)6-9-2-4-10(7-14)5-3-9/h2-5,11H,6,8H2,1H3,(H2,15,18)(H,16,17)/t11-/m0/s1. The number of rotatable bonds is 6. The number of methoxy groups -OCH3 is 1. The highest BCUT2D eigenvalue weighted by Gasteiger charge is 2.18. The van der Waals surface area contributed by atoms with E-state index in [9.17, 15) is 9.59 Å². The molecule has 19 heavy (non-hydrogen) atoms. The number of carbonyl (C=O) groups is 2. The largest absolute Gasteiger partial charge is 0.375 e. The Kier molecular flexibility index (Phi) is 5.51. The lowest BCUT2D eigenvalue weighted by Gasteiger charge is -2.15. The molecule has 0 aliphatic heterocycles. The molecule has 1 rings (SSSR count). The highest BCUT2D eigenvalue weighted by Crippen LogP contribution is 2.06. The summed E-state index contributed by atoms with van der Waals surface area (Å²) in [6, 6.07) is 7.93. The Balaban J connectivity index is 2.70. The summed E-state index contributed by atoms with van der Waals surface area (Å²) in [7, 11) is 1.39. The van der Waals surface area contributed by atoms with Gasteiger partial charge in [0.15, 0.2) is 0 Å². The first-order valence-corrected chi connectivity index (χ1v) is 5.63. The summed E-state index contributed by atoms with van der Waals surface area (Å²) in [5, 5.41) is 11.2. The molecule has 1 atom stereocenters. The molecule has 0 saturated heterocycles. The molecule has 6 nitrogen and oxygen atoms in total. The van der Waals surface area contributed by atoms with Crippen molar-refractivity contribution in [1.29, 1.82) is 5.26 Å². The van der Waals surface area contributed by atoms with E-state index >= 15 is 0 Å². The molecule has 0 bridgehead atoms. The van der Waals surface area contributed by atoms with Gasteiger partial charge in [-0.05, 0) is 17.7 Å². The third-order valence-electron chi connectivity index (χ3n) is 2.48. The predicted octanol–water partition coefficient (Wildman–Crippen LogP) is -0.283. The van der Waals surface area contributed by atoms with Gasteiger partial charge in [-0.25, -0.2) is 0 Å². The fraction of sp³-hybridized carbons (Fsp3) is 0.308. The zero-order chi connectivity index (χ0) is 14.3. The van der Waals surface area contributed by atoms with Crippen molar-refractivity contribution in [2.45, 2.75) is 12.5 Å². The molecular formula is C13H15N3O3. The van der Waals surface area contributed by atoms with Crippen LogP contribution in [0.5, 0.6) is 0 Å². The molecular weight excluding hydrogens is 246 g/mol. The van der Waals surface area contributed by atoms with Gasteiger partial charge in [-0.1, -0.05) is 12.1 Å². The second kappa shape index (κ2) is 7.13. The van der Waals surface area contributed by atoms with Gasteiger partial charge in [0.2, 0.25) is 11.8 Å². The molecule has 6 heteroatoms. The van der Waals surface area contributed by atoms with Crippen molar-refractivity contribution >= 4 is 11.8 Å². The van der Waals surface area contributed by atoms with E-state index in [1.165, 1.54) is 7.11 Å². The minimum Gasteiger partial charge on any atom is -0.375 e. The fourth-order valence-corrected chi connectivity index (χ4v) is 1.54. The molecule has 0 aliphatic carbocycles. The molecule has 0 heterocycles. The van der Waals surface area contributed by atoms with Gasteiger partial charge < -0.3 is 15.8 Å². The quantitative estimate of drug-likeness (QED) is 0.734. The minimum absolute atomic E-state index is 0.128. The Hall–Kier alpha value is -2.39. The molecule has 0 aliphatic rings. The lowest BCUT2D eigenvalue weighted by atomic mass is 10.0. The number of hydrogen-bond donors (Lipinski definition) is 2. The summed E-state index contributed by atoms with van der Waals surface area (Å²) in [4.78, 5) is 22.6. The van der Waals surface area contributed by atoms with E-state index in [0.717, 1.165) is 5.56 Å². The first-order chi connectivity index (χ1) is 9.06. The second-order valence-corrected chi connectivity index (χ2v) is 3.97. The Bertz CT molecular complexity index is 491. The molecule has 2 amide bonds. The first-order valence-electron chi connectivity index (χ1n) is 5.63. The van der Waals surface area contributed by atoms with Crippen LogP contribution in [0.4, 0.5) is 0 Å². The van der Waals surface area contributed by atoms with E-state index in [-0.39, 0.29) is 13.0 Å². The lowest BCUT2D eigenvalue weighted by Crippen LogP contribution is -2.46. The Morgan fingerprint density at radius 3 is 2.53 bits per heavy atom. The van der Waals surface area contributed by atoms with Crippen LogP contribution in [-0.4, -0.2) is 31.6 Å². The Morgan fingerprint density at radius 1 is 1.42 bits per heavy atom. The maximum atomic E-state index is 11.4. The molecule has 100 valence electrons. The van der Waals surface area contributed by atoms with Crippen LogP contribution in [-0.2, 0) is 20.7 Å². The summed E-state index contributed by atoms with van der Waals surface area (Å²) in [6.07, 6.45) is 0.274. The van der Waals surface area contributed by atoms with Crippen molar-refractivity contribution in [3.05, 3.63) is 35.4 Å². The zero-order valence-electron chi connectivity index (χ0n) is 10.6. The van der Waals surface area contributed by atoms with Crippen LogP contribution in [0.1, 0.15) is 11.1 Å². The van der Waals surface area contributed by atoms with Gasteiger partial charge in [-0.15, -0.1) is 0 Å². The summed E-state index contributed by atoms with van der Waals surface area (Å²) < 4.78 is 4.66. The van der Waals surface area contributed by atoms with Crippen molar-refractivity contribution in [2.24, 2.45) is 5.73 Å².